The first-order valence-corrected chi connectivity index (χ1v) is 5.96. The fourth-order valence-corrected chi connectivity index (χ4v) is 1.34. The third-order valence-electron chi connectivity index (χ3n) is 2.15. The molecule has 0 unspecified atom stereocenters. The van der Waals surface area contributed by atoms with Crippen molar-refractivity contribution in [2.75, 3.05) is 13.2 Å². The van der Waals surface area contributed by atoms with Gasteiger partial charge in [-0.05, 0) is 25.2 Å². The van der Waals surface area contributed by atoms with E-state index in [4.69, 9.17) is 4.74 Å². The molecular weight excluding hydrogens is 172 g/mol. The van der Waals surface area contributed by atoms with Crippen LogP contribution in [0.15, 0.2) is 12.7 Å². The Kier molecular flexibility index (Phi) is 10.5. The van der Waals surface area contributed by atoms with Gasteiger partial charge in [0.1, 0.15) is 0 Å². The Morgan fingerprint density at radius 3 is 2.36 bits per heavy atom. The molecule has 0 heterocycles. The molecule has 0 fully saturated rings. The first-order chi connectivity index (χ1) is 6.77. The lowest BCUT2D eigenvalue weighted by Gasteiger charge is -2.06. The van der Waals surface area contributed by atoms with Crippen LogP contribution in [-0.2, 0) is 4.74 Å². The summed E-state index contributed by atoms with van der Waals surface area (Å²) in [7, 11) is 0. The Balaban J connectivity index is 2.88. The van der Waals surface area contributed by atoms with Gasteiger partial charge in [0.25, 0.3) is 0 Å². The summed E-state index contributed by atoms with van der Waals surface area (Å²) in [6, 6.07) is 0. The van der Waals surface area contributed by atoms with Gasteiger partial charge in [0, 0.05) is 13.2 Å². The zero-order valence-electron chi connectivity index (χ0n) is 9.93. The topological polar surface area (TPSA) is 9.23 Å². The molecule has 14 heavy (non-hydrogen) atoms. The molecule has 0 aromatic carbocycles. The molecule has 0 aliphatic heterocycles. The predicted molar refractivity (Wildman–Crippen MR) is 63.6 cm³/mol. The molecule has 0 rings (SSSR count). The van der Waals surface area contributed by atoms with Crippen molar-refractivity contribution in [3.8, 4) is 0 Å². The first-order valence-electron chi connectivity index (χ1n) is 5.96. The number of unbranched alkanes of at least 4 members (excludes halogenated alkanes) is 5. The summed E-state index contributed by atoms with van der Waals surface area (Å²) in [6.07, 6.45) is 9.71. The van der Waals surface area contributed by atoms with E-state index in [-0.39, 0.29) is 0 Å². The Morgan fingerprint density at radius 2 is 1.71 bits per heavy atom. The molecular formula is C13H26O. The minimum absolute atomic E-state index is 0.669. The van der Waals surface area contributed by atoms with Gasteiger partial charge in [-0.1, -0.05) is 39.2 Å². The number of hydrogen-bond donors (Lipinski definition) is 0. The zero-order valence-corrected chi connectivity index (χ0v) is 9.93. The third-order valence-corrected chi connectivity index (χ3v) is 2.15. The van der Waals surface area contributed by atoms with E-state index in [2.05, 4.69) is 20.4 Å². The van der Waals surface area contributed by atoms with Crippen LogP contribution in [0.5, 0.6) is 0 Å². The lowest BCUT2D eigenvalue weighted by molar-refractivity contribution is 0.106. The van der Waals surface area contributed by atoms with Crippen LogP contribution in [0.4, 0.5) is 0 Å². The lowest BCUT2D eigenvalue weighted by Crippen LogP contribution is -2.02. The second-order valence-corrected chi connectivity index (χ2v) is 4.31. The maximum atomic E-state index is 5.51. The minimum Gasteiger partial charge on any atom is -0.381 e. The maximum absolute atomic E-state index is 5.51. The van der Waals surface area contributed by atoms with Crippen molar-refractivity contribution in [1.29, 1.82) is 0 Å². The SMILES string of the molecule is C=CCCCCCCCOCC(C)C. The standard InChI is InChI=1S/C13H26O/c1-4-5-6-7-8-9-10-11-14-12-13(2)3/h4,13H,1,5-12H2,2-3H3. The van der Waals surface area contributed by atoms with E-state index in [0.717, 1.165) is 13.2 Å². The van der Waals surface area contributed by atoms with Gasteiger partial charge in [-0.3, -0.25) is 0 Å². The second-order valence-electron chi connectivity index (χ2n) is 4.31. The van der Waals surface area contributed by atoms with Crippen LogP contribution in [0.1, 0.15) is 52.4 Å². The average Bonchev–Trinajstić information content (AvgIpc) is 2.15. The van der Waals surface area contributed by atoms with E-state index in [1.54, 1.807) is 0 Å². The van der Waals surface area contributed by atoms with Crippen molar-refractivity contribution in [1.82, 2.24) is 0 Å². The molecule has 0 aliphatic rings. The van der Waals surface area contributed by atoms with E-state index in [1.165, 1.54) is 38.5 Å². The van der Waals surface area contributed by atoms with Gasteiger partial charge in [0.15, 0.2) is 0 Å². The Bertz CT molecular complexity index is 118. The van der Waals surface area contributed by atoms with E-state index in [9.17, 15) is 0 Å². The number of allylic oxidation sites excluding steroid dienone is 1. The van der Waals surface area contributed by atoms with Gasteiger partial charge in [-0.15, -0.1) is 6.58 Å². The smallest absolute Gasteiger partial charge is 0.0488 e. The van der Waals surface area contributed by atoms with Crippen molar-refractivity contribution >= 4 is 0 Å². The highest BCUT2D eigenvalue weighted by Crippen LogP contribution is 2.05. The van der Waals surface area contributed by atoms with E-state index < -0.39 is 0 Å². The van der Waals surface area contributed by atoms with Crippen LogP contribution in [0.25, 0.3) is 0 Å². The summed E-state index contributed by atoms with van der Waals surface area (Å²) < 4.78 is 5.51. The summed E-state index contributed by atoms with van der Waals surface area (Å²) >= 11 is 0. The number of ether oxygens (including phenoxy) is 1. The largest absolute Gasteiger partial charge is 0.381 e. The maximum Gasteiger partial charge on any atom is 0.0488 e. The summed E-state index contributed by atoms with van der Waals surface area (Å²) in [6.45, 7) is 9.95. The summed E-state index contributed by atoms with van der Waals surface area (Å²) in [5, 5.41) is 0. The molecule has 0 aromatic heterocycles. The normalized spacial score (nSPS) is 10.8. The Labute approximate surface area is 89.5 Å². The predicted octanol–water partition coefficient (Wildman–Crippen LogP) is 4.19. The highest BCUT2D eigenvalue weighted by atomic mass is 16.5. The molecule has 1 nitrogen and oxygen atoms in total. The zero-order chi connectivity index (χ0) is 10.6. The van der Waals surface area contributed by atoms with E-state index >= 15 is 0 Å². The van der Waals surface area contributed by atoms with Gasteiger partial charge in [0.05, 0.1) is 0 Å². The molecule has 0 saturated heterocycles. The fourth-order valence-electron chi connectivity index (χ4n) is 1.34. The van der Waals surface area contributed by atoms with Crippen LogP contribution < -0.4 is 0 Å². The van der Waals surface area contributed by atoms with Crippen LogP contribution in [0, 0.1) is 5.92 Å². The molecule has 84 valence electrons. The molecule has 0 atom stereocenters. The third kappa shape index (κ3) is 11.7. The second kappa shape index (κ2) is 10.8. The quantitative estimate of drug-likeness (QED) is 0.378. The van der Waals surface area contributed by atoms with Crippen LogP contribution in [0.2, 0.25) is 0 Å². The van der Waals surface area contributed by atoms with Gasteiger partial charge >= 0.3 is 0 Å². The molecule has 0 bridgehead atoms. The minimum atomic E-state index is 0.669. The van der Waals surface area contributed by atoms with Crippen molar-refractivity contribution in [2.24, 2.45) is 5.92 Å². The van der Waals surface area contributed by atoms with Gasteiger partial charge in [-0.2, -0.15) is 0 Å². The lowest BCUT2D eigenvalue weighted by atomic mass is 10.1. The monoisotopic (exact) mass is 198 g/mol. The summed E-state index contributed by atoms with van der Waals surface area (Å²) in [5.74, 6) is 0.669. The van der Waals surface area contributed by atoms with E-state index in [1.807, 2.05) is 6.08 Å². The summed E-state index contributed by atoms with van der Waals surface area (Å²) in [4.78, 5) is 0. The fraction of sp³-hybridized carbons (Fsp3) is 0.846. The van der Waals surface area contributed by atoms with Gasteiger partial charge in [0.2, 0.25) is 0 Å². The van der Waals surface area contributed by atoms with Crippen LogP contribution in [-0.4, -0.2) is 13.2 Å². The highest BCUT2D eigenvalue weighted by Gasteiger charge is 1.93. The van der Waals surface area contributed by atoms with Crippen LogP contribution >= 0.6 is 0 Å². The Morgan fingerprint density at radius 1 is 1.07 bits per heavy atom. The van der Waals surface area contributed by atoms with Gasteiger partial charge in [-0.25, -0.2) is 0 Å². The summed E-state index contributed by atoms with van der Waals surface area (Å²) in [5.41, 5.74) is 0. The molecule has 0 aromatic rings. The molecule has 0 saturated carbocycles. The van der Waals surface area contributed by atoms with Crippen molar-refractivity contribution in [2.45, 2.75) is 52.4 Å². The highest BCUT2D eigenvalue weighted by molar-refractivity contribution is 4.65. The van der Waals surface area contributed by atoms with Crippen molar-refractivity contribution in [3.05, 3.63) is 12.7 Å². The van der Waals surface area contributed by atoms with Crippen molar-refractivity contribution in [3.63, 3.8) is 0 Å². The molecule has 0 aliphatic carbocycles. The molecule has 0 spiro atoms. The molecule has 1 heteroatoms. The average molecular weight is 198 g/mol. The first kappa shape index (κ1) is 13.7. The molecule has 0 N–H and O–H groups in total. The number of rotatable bonds is 10. The molecule has 0 amide bonds. The Hall–Kier alpha value is -0.300. The van der Waals surface area contributed by atoms with Crippen LogP contribution in [0.3, 0.4) is 0 Å². The van der Waals surface area contributed by atoms with Crippen molar-refractivity contribution < 1.29 is 4.74 Å². The van der Waals surface area contributed by atoms with E-state index in [0.29, 0.717) is 5.92 Å². The number of hydrogen-bond acceptors (Lipinski definition) is 1. The van der Waals surface area contributed by atoms with Gasteiger partial charge < -0.3 is 4.74 Å². The molecule has 0 radical (unpaired) electrons.